The lowest BCUT2D eigenvalue weighted by atomic mass is 9.45. The van der Waals surface area contributed by atoms with Gasteiger partial charge in [-0.1, -0.05) is 34.6 Å². The van der Waals surface area contributed by atoms with Crippen LogP contribution in [-0.4, -0.2) is 33.4 Å². The van der Waals surface area contributed by atoms with Gasteiger partial charge in [-0.15, -0.1) is 0 Å². The van der Waals surface area contributed by atoms with Crippen LogP contribution in [0.1, 0.15) is 92.4 Å². The van der Waals surface area contributed by atoms with Crippen LogP contribution in [0.25, 0.3) is 0 Å². The molecular weight excluding hydrogens is 400 g/mol. The fourth-order valence-corrected chi connectivity index (χ4v) is 10.2. The van der Waals surface area contributed by atoms with Gasteiger partial charge < -0.3 is 13.9 Å². The molecule has 5 fully saturated rings. The van der Waals surface area contributed by atoms with Gasteiger partial charge in [-0.25, -0.2) is 0 Å². The van der Waals surface area contributed by atoms with E-state index in [0.717, 1.165) is 43.3 Å². The summed E-state index contributed by atoms with van der Waals surface area (Å²) in [5.41, 5.74) is 0.751. The molecular formula is C27H48O3Si. The molecule has 1 aliphatic heterocycles. The molecule has 178 valence electrons. The van der Waals surface area contributed by atoms with Gasteiger partial charge in [0.25, 0.3) is 0 Å². The summed E-state index contributed by atoms with van der Waals surface area (Å²) in [7, 11) is -1.68. The molecule has 0 aromatic rings. The van der Waals surface area contributed by atoms with Gasteiger partial charge in [-0.05, 0) is 98.6 Å². The van der Waals surface area contributed by atoms with E-state index in [1.165, 1.54) is 51.4 Å². The molecule has 1 heterocycles. The maximum atomic E-state index is 6.93. The van der Waals surface area contributed by atoms with Gasteiger partial charge in [-0.3, -0.25) is 0 Å². The largest absolute Gasteiger partial charge is 0.414 e. The van der Waals surface area contributed by atoms with E-state index < -0.39 is 8.32 Å². The van der Waals surface area contributed by atoms with Crippen LogP contribution in [-0.2, 0) is 13.9 Å². The van der Waals surface area contributed by atoms with Crippen LogP contribution in [0.3, 0.4) is 0 Å². The van der Waals surface area contributed by atoms with Crippen LogP contribution in [0.2, 0.25) is 18.1 Å². The maximum absolute atomic E-state index is 6.93. The summed E-state index contributed by atoms with van der Waals surface area (Å²) in [6.07, 6.45) is 12.4. The Balaban J connectivity index is 1.31. The highest BCUT2D eigenvalue weighted by Crippen LogP contribution is 2.69. The third-order valence-electron chi connectivity index (χ3n) is 11.7. The molecule has 1 saturated heterocycles. The number of rotatable bonds is 2. The minimum absolute atomic E-state index is 0.233. The SMILES string of the molecule is CC(C)(C)[Si](C)(C)OC1CC[C@]2(C)C3CC[C@@]4(C)C(CCC45OCCO5)C3CC[C@@H]2C1. The highest BCUT2D eigenvalue weighted by Gasteiger charge is 2.67. The zero-order valence-electron chi connectivity index (χ0n) is 21.4. The van der Waals surface area contributed by atoms with Gasteiger partial charge in [0.05, 0.1) is 13.2 Å². The van der Waals surface area contributed by atoms with E-state index in [1.54, 1.807) is 0 Å². The predicted octanol–water partition coefficient (Wildman–Crippen LogP) is 7.16. The fraction of sp³-hybridized carbons (Fsp3) is 1.00. The summed E-state index contributed by atoms with van der Waals surface area (Å²) in [5.74, 6) is 3.17. The summed E-state index contributed by atoms with van der Waals surface area (Å²) in [6, 6.07) is 0. The van der Waals surface area contributed by atoms with Gasteiger partial charge in [0.15, 0.2) is 14.1 Å². The van der Waals surface area contributed by atoms with E-state index in [4.69, 9.17) is 13.9 Å². The first kappa shape index (κ1) is 22.9. The zero-order valence-corrected chi connectivity index (χ0v) is 22.4. The van der Waals surface area contributed by atoms with Crippen LogP contribution in [0.5, 0.6) is 0 Å². The molecule has 0 radical (unpaired) electrons. The molecule has 1 spiro atoms. The number of hydrogen-bond donors (Lipinski definition) is 0. The van der Waals surface area contributed by atoms with Crippen LogP contribution in [0, 0.1) is 34.5 Å². The van der Waals surface area contributed by atoms with Gasteiger partial charge >= 0.3 is 0 Å². The Morgan fingerprint density at radius 1 is 0.839 bits per heavy atom. The summed E-state index contributed by atoms with van der Waals surface area (Å²) in [4.78, 5) is 0. The topological polar surface area (TPSA) is 27.7 Å². The van der Waals surface area contributed by atoms with Crippen molar-refractivity contribution in [3.05, 3.63) is 0 Å². The van der Waals surface area contributed by atoms with E-state index in [9.17, 15) is 0 Å². The molecule has 4 unspecified atom stereocenters. The van der Waals surface area contributed by atoms with E-state index in [1.807, 2.05) is 0 Å². The fourth-order valence-electron chi connectivity index (χ4n) is 8.80. The first-order valence-corrected chi connectivity index (χ1v) is 16.3. The van der Waals surface area contributed by atoms with Crippen molar-refractivity contribution < 1.29 is 13.9 Å². The average molecular weight is 449 g/mol. The number of hydrogen-bond acceptors (Lipinski definition) is 3. The standard InChI is InChI=1S/C27H48O3Si/c1-24(2,3)31(6,7)30-20-10-13-25(4)19(18-20)8-9-21-22(25)11-14-26(5)23(21)12-15-27(26)28-16-17-29-27/h19-23H,8-18H2,1-7H3/t19-,20?,21?,22?,23?,25+,26+/m1/s1. The van der Waals surface area contributed by atoms with E-state index in [2.05, 4.69) is 47.7 Å². The quantitative estimate of drug-likeness (QED) is 0.419. The molecule has 4 saturated carbocycles. The third kappa shape index (κ3) is 3.28. The first-order chi connectivity index (χ1) is 14.4. The molecule has 0 N–H and O–H groups in total. The second kappa shape index (κ2) is 7.30. The Hall–Kier alpha value is 0.0969. The van der Waals surface area contributed by atoms with Crippen molar-refractivity contribution in [3.8, 4) is 0 Å². The molecule has 4 heteroatoms. The molecule has 0 aromatic heterocycles. The number of ether oxygens (including phenoxy) is 2. The van der Waals surface area contributed by atoms with Crippen LogP contribution >= 0.6 is 0 Å². The van der Waals surface area contributed by atoms with Crippen molar-refractivity contribution in [1.29, 1.82) is 0 Å². The van der Waals surface area contributed by atoms with Crippen molar-refractivity contribution in [3.63, 3.8) is 0 Å². The summed E-state index contributed by atoms with van der Waals surface area (Å²) in [6.45, 7) is 18.8. The Labute approximate surface area is 192 Å². The van der Waals surface area contributed by atoms with E-state index in [-0.39, 0.29) is 11.2 Å². The first-order valence-electron chi connectivity index (χ1n) is 13.4. The van der Waals surface area contributed by atoms with Crippen LogP contribution in [0.15, 0.2) is 0 Å². The maximum Gasteiger partial charge on any atom is 0.192 e. The predicted molar refractivity (Wildman–Crippen MR) is 128 cm³/mol. The zero-order chi connectivity index (χ0) is 22.3. The van der Waals surface area contributed by atoms with Gasteiger partial charge in [0, 0.05) is 17.9 Å². The summed E-state index contributed by atoms with van der Waals surface area (Å²) >= 11 is 0. The Kier molecular flexibility index (Phi) is 5.38. The third-order valence-corrected chi connectivity index (χ3v) is 16.2. The second-order valence-electron chi connectivity index (χ2n) is 13.9. The van der Waals surface area contributed by atoms with Crippen molar-refractivity contribution in [2.24, 2.45) is 34.5 Å². The smallest absolute Gasteiger partial charge is 0.192 e. The number of fused-ring (bicyclic) bond motifs is 6. The second-order valence-corrected chi connectivity index (χ2v) is 18.6. The molecule has 4 aliphatic carbocycles. The van der Waals surface area contributed by atoms with E-state index >= 15 is 0 Å². The lowest BCUT2D eigenvalue weighted by molar-refractivity contribution is -0.247. The van der Waals surface area contributed by atoms with Crippen molar-refractivity contribution in [2.75, 3.05) is 13.2 Å². The van der Waals surface area contributed by atoms with Crippen molar-refractivity contribution >= 4 is 8.32 Å². The molecule has 7 atom stereocenters. The van der Waals surface area contributed by atoms with Gasteiger partial charge in [0.1, 0.15) is 0 Å². The Morgan fingerprint density at radius 3 is 2.19 bits per heavy atom. The minimum atomic E-state index is -1.68. The highest BCUT2D eigenvalue weighted by atomic mass is 28.4. The molecule has 5 rings (SSSR count). The monoisotopic (exact) mass is 448 g/mol. The molecule has 0 aromatic carbocycles. The molecule has 0 amide bonds. The highest BCUT2D eigenvalue weighted by molar-refractivity contribution is 6.74. The lowest BCUT2D eigenvalue weighted by Gasteiger charge is -2.62. The molecule has 5 aliphatic rings. The molecule has 3 nitrogen and oxygen atoms in total. The minimum Gasteiger partial charge on any atom is -0.414 e. The average Bonchev–Trinajstić information content (AvgIpc) is 3.27. The van der Waals surface area contributed by atoms with E-state index in [0.29, 0.717) is 16.6 Å². The van der Waals surface area contributed by atoms with Crippen LogP contribution in [0.4, 0.5) is 0 Å². The van der Waals surface area contributed by atoms with Crippen LogP contribution < -0.4 is 0 Å². The molecule has 0 bridgehead atoms. The Morgan fingerprint density at radius 2 is 1.52 bits per heavy atom. The summed E-state index contributed by atoms with van der Waals surface area (Å²) in [5, 5.41) is 0.308. The molecule has 31 heavy (non-hydrogen) atoms. The van der Waals surface area contributed by atoms with Crippen molar-refractivity contribution in [2.45, 2.75) is 122 Å². The Bertz CT molecular complexity index is 693. The van der Waals surface area contributed by atoms with Gasteiger partial charge in [0.2, 0.25) is 0 Å². The lowest BCUT2D eigenvalue weighted by Crippen LogP contribution is -2.57. The van der Waals surface area contributed by atoms with Gasteiger partial charge in [-0.2, -0.15) is 0 Å². The summed E-state index contributed by atoms with van der Waals surface area (Å²) < 4.78 is 19.6. The normalized spacial score (nSPS) is 47.1. The van der Waals surface area contributed by atoms with Crippen molar-refractivity contribution in [1.82, 2.24) is 0 Å².